The lowest BCUT2D eigenvalue weighted by Crippen LogP contribution is -2.71. The van der Waals surface area contributed by atoms with E-state index in [1.165, 1.54) is 5.56 Å². The number of ether oxygens (including phenoxy) is 5. The van der Waals surface area contributed by atoms with Crippen LogP contribution in [0.5, 0.6) is 0 Å². The molecular weight excluding hydrogens is 580 g/mol. The maximum atomic E-state index is 7.04. The summed E-state index contributed by atoms with van der Waals surface area (Å²) in [6, 6.07) is 20.6. The number of hydrogen-bond donors (Lipinski definition) is 0. The van der Waals surface area contributed by atoms with E-state index in [1.807, 2.05) is 30.3 Å². The van der Waals surface area contributed by atoms with E-state index < -0.39 is 25.1 Å². The summed E-state index contributed by atoms with van der Waals surface area (Å²) in [5, 5.41) is 0.0855. The fraction of sp³-hybridized carbons (Fsp3) is 0.632. The molecule has 5 unspecified atom stereocenters. The van der Waals surface area contributed by atoms with Gasteiger partial charge in [0.15, 0.2) is 8.32 Å². The zero-order valence-corrected chi connectivity index (χ0v) is 29.8. The third kappa shape index (κ3) is 7.67. The molecule has 3 heterocycles. The number of fused-ring (bicyclic) bond motifs is 2. The Balaban J connectivity index is 1.32. The molecule has 0 aliphatic carbocycles. The minimum Gasteiger partial charge on any atom is -0.411 e. The van der Waals surface area contributed by atoms with E-state index in [9.17, 15) is 0 Å². The highest BCUT2D eigenvalue weighted by Gasteiger charge is 2.62. The molecule has 2 aromatic rings. The third-order valence-electron chi connectivity index (χ3n) is 10.8. The van der Waals surface area contributed by atoms with E-state index in [4.69, 9.17) is 28.1 Å². The second kappa shape index (κ2) is 13.3. The van der Waals surface area contributed by atoms with Crippen LogP contribution in [-0.2, 0) is 41.3 Å². The van der Waals surface area contributed by atoms with Crippen LogP contribution in [-0.4, -0.2) is 62.2 Å². The molecule has 7 heteroatoms. The van der Waals surface area contributed by atoms with Gasteiger partial charge in [0.2, 0.25) is 0 Å². The maximum Gasteiger partial charge on any atom is 0.192 e. The standard InChI is InChI=1S/C38H56O6Si/c1-10-36(5)34(43-45(8,9)35(2,3)4)24-33-38(7,44-36)27-37(6)32(41-33)23-31(40-26-29-19-15-12-16-20-29)30(42-37)21-22-39-25-28-17-13-11-14-18-28/h10-20,30-34H,1,21-27H2,2-9H3/t30?,31?,32?,33?,34?,36-,37-,38+/m1/s1. The number of hydrogen-bond acceptors (Lipinski definition) is 6. The molecule has 0 amide bonds. The van der Waals surface area contributed by atoms with Crippen LogP contribution in [0.15, 0.2) is 73.3 Å². The van der Waals surface area contributed by atoms with Gasteiger partial charge in [0.1, 0.15) is 5.60 Å². The lowest BCUT2D eigenvalue weighted by Gasteiger charge is -2.62. The Kier molecular flexibility index (Phi) is 10.2. The van der Waals surface area contributed by atoms with E-state index >= 15 is 0 Å². The normalized spacial score (nSPS) is 35.3. The molecule has 45 heavy (non-hydrogen) atoms. The van der Waals surface area contributed by atoms with Gasteiger partial charge in [-0.25, -0.2) is 0 Å². The molecule has 3 aliphatic rings. The monoisotopic (exact) mass is 636 g/mol. The summed E-state index contributed by atoms with van der Waals surface area (Å²) in [6.07, 6.45) is 4.28. The van der Waals surface area contributed by atoms with Gasteiger partial charge in [-0.2, -0.15) is 0 Å². The van der Waals surface area contributed by atoms with Crippen molar-refractivity contribution < 1.29 is 28.1 Å². The first-order valence-corrected chi connectivity index (χ1v) is 19.7. The highest BCUT2D eigenvalue weighted by molar-refractivity contribution is 6.74. The first-order chi connectivity index (χ1) is 21.2. The molecule has 3 aliphatic heterocycles. The highest BCUT2D eigenvalue weighted by atomic mass is 28.4. The molecule has 5 rings (SSSR count). The predicted molar refractivity (Wildman–Crippen MR) is 182 cm³/mol. The van der Waals surface area contributed by atoms with Crippen molar-refractivity contribution in [2.45, 2.75) is 146 Å². The average molecular weight is 637 g/mol. The average Bonchev–Trinajstić information content (AvgIpc) is 2.98. The summed E-state index contributed by atoms with van der Waals surface area (Å²) in [4.78, 5) is 0. The SMILES string of the molecule is C=C[C@@]1(C)O[C@@]2(C)C[C@@]3(C)OC(CCOCc4ccccc4)C(OCc4ccccc4)CC3OC2CC1O[Si](C)(C)C(C)(C)C. The second-order valence-corrected chi connectivity index (χ2v) is 20.3. The Morgan fingerprint density at radius 3 is 2.09 bits per heavy atom. The van der Waals surface area contributed by atoms with Gasteiger partial charge < -0.3 is 28.1 Å². The van der Waals surface area contributed by atoms with Crippen molar-refractivity contribution in [3.63, 3.8) is 0 Å². The molecule has 0 bridgehead atoms. The Bertz CT molecular complexity index is 1260. The molecule has 0 N–H and O–H groups in total. The summed E-state index contributed by atoms with van der Waals surface area (Å²) in [5.41, 5.74) is 0.608. The summed E-state index contributed by atoms with van der Waals surface area (Å²) in [7, 11) is -2.07. The fourth-order valence-corrected chi connectivity index (χ4v) is 8.45. The van der Waals surface area contributed by atoms with Crippen molar-refractivity contribution in [2.24, 2.45) is 0 Å². The van der Waals surface area contributed by atoms with Crippen LogP contribution in [0.4, 0.5) is 0 Å². The summed E-state index contributed by atoms with van der Waals surface area (Å²) < 4.78 is 40.8. The molecule has 0 radical (unpaired) electrons. The van der Waals surface area contributed by atoms with Gasteiger partial charge in [0.25, 0.3) is 0 Å². The second-order valence-electron chi connectivity index (χ2n) is 15.6. The van der Waals surface area contributed by atoms with Crippen LogP contribution in [0, 0.1) is 0 Å². The minimum atomic E-state index is -2.07. The largest absolute Gasteiger partial charge is 0.411 e. The molecule has 0 spiro atoms. The zero-order chi connectivity index (χ0) is 32.5. The van der Waals surface area contributed by atoms with Gasteiger partial charge >= 0.3 is 0 Å². The number of benzene rings is 2. The lowest BCUT2D eigenvalue weighted by atomic mass is 9.71. The molecule has 2 aromatic carbocycles. The van der Waals surface area contributed by atoms with Crippen molar-refractivity contribution in [3.05, 3.63) is 84.4 Å². The molecule has 3 saturated heterocycles. The number of rotatable bonds is 11. The first kappa shape index (κ1) is 34.5. The van der Waals surface area contributed by atoms with Gasteiger partial charge in [0.05, 0.1) is 54.9 Å². The van der Waals surface area contributed by atoms with Gasteiger partial charge in [0, 0.05) is 25.9 Å². The molecule has 6 nitrogen and oxygen atoms in total. The van der Waals surface area contributed by atoms with E-state index in [0.29, 0.717) is 19.8 Å². The first-order valence-electron chi connectivity index (χ1n) is 16.8. The van der Waals surface area contributed by atoms with Crippen LogP contribution >= 0.6 is 0 Å². The smallest absolute Gasteiger partial charge is 0.192 e. The van der Waals surface area contributed by atoms with Crippen molar-refractivity contribution in [1.82, 2.24) is 0 Å². The maximum absolute atomic E-state index is 7.04. The van der Waals surface area contributed by atoms with Gasteiger partial charge in [-0.15, -0.1) is 6.58 Å². The fourth-order valence-electron chi connectivity index (χ4n) is 7.05. The van der Waals surface area contributed by atoms with Crippen molar-refractivity contribution in [2.75, 3.05) is 6.61 Å². The predicted octanol–water partition coefficient (Wildman–Crippen LogP) is 8.40. The zero-order valence-electron chi connectivity index (χ0n) is 28.8. The molecule has 3 fully saturated rings. The van der Waals surface area contributed by atoms with Crippen LogP contribution in [0.25, 0.3) is 0 Å². The van der Waals surface area contributed by atoms with E-state index in [1.54, 1.807) is 0 Å². The third-order valence-corrected chi connectivity index (χ3v) is 15.3. The Morgan fingerprint density at radius 1 is 0.889 bits per heavy atom. The topological polar surface area (TPSA) is 55.4 Å². The van der Waals surface area contributed by atoms with E-state index in [0.717, 1.165) is 31.2 Å². The molecule has 0 saturated carbocycles. The van der Waals surface area contributed by atoms with Crippen LogP contribution in [0.3, 0.4) is 0 Å². The Hall–Kier alpha value is -1.84. The van der Waals surface area contributed by atoms with Gasteiger partial charge in [-0.1, -0.05) is 87.5 Å². The van der Waals surface area contributed by atoms with Crippen LogP contribution in [0.1, 0.15) is 78.4 Å². The van der Waals surface area contributed by atoms with Crippen molar-refractivity contribution >= 4 is 8.32 Å². The van der Waals surface area contributed by atoms with E-state index in [-0.39, 0.29) is 35.6 Å². The Labute approximate surface area is 272 Å². The van der Waals surface area contributed by atoms with Crippen molar-refractivity contribution in [3.8, 4) is 0 Å². The summed E-state index contributed by atoms with van der Waals surface area (Å²) in [6.45, 7) is 23.8. The summed E-state index contributed by atoms with van der Waals surface area (Å²) >= 11 is 0. The molecule has 248 valence electrons. The van der Waals surface area contributed by atoms with Crippen LogP contribution in [0.2, 0.25) is 18.1 Å². The molecular formula is C38H56O6Si. The van der Waals surface area contributed by atoms with Crippen molar-refractivity contribution in [1.29, 1.82) is 0 Å². The van der Waals surface area contributed by atoms with E-state index in [2.05, 4.69) is 97.6 Å². The molecule has 0 aromatic heterocycles. The van der Waals surface area contributed by atoms with Gasteiger partial charge in [-0.3, -0.25) is 0 Å². The van der Waals surface area contributed by atoms with Crippen LogP contribution < -0.4 is 0 Å². The van der Waals surface area contributed by atoms with Gasteiger partial charge in [-0.05, 0) is 56.5 Å². The Morgan fingerprint density at radius 2 is 1.49 bits per heavy atom. The summed E-state index contributed by atoms with van der Waals surface area (Å²) in [5.74, 6) is 0. The molecule has 8 atom stereocenters. The minimum absolute atomic E-state index is 0.0855. The lowest BCUT2D eigenvalue weighted by molar-refractivity contribution is -0.350. The highest BCUT2D eigenvalue weighted by Crippen LogP contribution is 2.53. The quantitative estimate of drug-likeness (QED) is 0.140.